The van der Waals surface area contributed by atoms with E-state index in [0.717, 1.165) is 6.26 Å². The fourth-order valence-corrected chi connectivity index (χ4v) is 2.03. The second kappa shape index (κ2) is 6.14. The van der Waals surface area contributed by atoms with E-state index in [1.165, 1.54) is 4.68 Å². The standard InChI is InChI=1S/C13H16N4O4S/c1-9(2)14-12(18)11-15-13(21-22(3,19)20)16-17(11)10-7-5-4-6-8-10/h4-9H,1-3H3,(H,14,18). The van der Waals surface area contributed by atoms with Crippen LogP contribution in [0.4, 0.5) is 0 Å². The molecule has 0 aliphatic rings. The van der Waals surface area contributed by atoms with Gasteiger partial charge in [0.25, 0.3) is 5.91 Å². The molecule has 0 saturated heterocycles. The van der Waals surface area contributed by atoms with Crippen molar-refractivity contribution in [3.8, 4) is 11.7 Å². The van der Waals surface area contributed by atoms with Gasteiger partial charge in [0.1, 0.15) is 0 Å². The van der Waals surface area contributed by atoms with Gasteiger partial charge in [0.2, 0.25) is 5.82 Å². The summed E-state index contributed by atoms with van der Waals surface area (Å²) < 4.78 is 28.3. The Morgan fingerprint density at radius 1 is 1.27 bits per heavy atom. The number of hydrogen-bond acceptors (Lipinski definition) is 6. The summed E-state index contributed by atoms with van der Waals surface area (Å²) in [7, 11) is -3.78. The summed E-state index contributed by atoms with van der Waals surface area (Å²) in [6.45, 7) is 3.60. The average molecular weight is 324 g/mol. The Morgan fingerprint density at radius 2 is 1.91 bits per heavy atom. The smallest absolute Gasteiger partial charge is 0.347 e. The molecule has 118 valence electrons. The van der Waals surface area contributed by atoms with Crippen LogP contribution < -0.4 is 9.50 Å². The number of aromatic nitrogens is 3. The summed E-state index contributed by atoms with van der Waals surface area (Å²) in [5, 5.41) is 6.62. The molecule has 1 heterocycles. The van der Waals surface area contributed by atoms with Gasteiger partial charge in [-0.25, -0.2) is 4.68 Å². The molecular formula is C13H16N4O4S. The molecule has 1 N–H and O–H groups in total. The largest absolute Gasteiger partial charge is 0.352 e. The number of carbonyl (C=O) groups excluding carboxylic acids is 1. The van der Waals surface area contributed by atoms with Crippen molar-refractivity contribution in [1.82, 2.24) is 20.1 Å². The van der Waals surface area contributed by atoms with Gasteiger partial charge in [-0.1, -0.05) is 18.2 Å². The van der Waals surface area contributed by atoms with Gasteiger partial charge in [-0.2, -0.15) is 13.4 Å². The molecule has 22 heavy (non-hydrogen) atoms. The lowest BCUT2D eigenvalue weighted by atomic mass is 10.3. The van der Waals surface area contributed by atoms with Gasteiger partial charge in [0.15, 0.2) is 0 Å². The fourth-order valence-electron chi connectivity index (χ4n) is 1.69. The molecule has 0 bridgehead atoms. The third kappa shape index (κ3) is 4.04. The molecule has 9 heteroatoms. The van der Waals surface area contributed by atoms with Crippen molar-refractivity contribution < 1.29 is 17.4 Å². The number of amides is 1. The molecule has 8 nitrogen and oxygen atoms in total. The quantitative estimate of drug-likeness (QED) is 0.814. The zero-order chi connectivity index (χ0) is 16.3. The Kier molecular flexibility index (Phi) is 4.45. The van der Waals surface area contributed by atoms with Gasteiger partial charge in [-0.3, -0.25) is 4.79 Å². The van der Waals surface area contributed by atoms with Crippen LogP contribution in [-0.2, 0) is 10.1 Å². The molecule has 1 amide bonds. The number of para-hydroxylation sites is 1. The lowest BCUT2D eigenvalue weighted by Gasteiger charge is -2.08. The number of hydrogen-bond donors (Lipinski definition) is 1. The van der Waals surface area contributed by atoms with Crippen molar-refractivity contribution in [3.63, 3.8) is 0 Å². The van der Waals surface area contributed by atoms with Crippen LogP contribution in [0.5, 0.6) is 6.01 Å². The highest BCUT2D eigenvalue weighted by molar-refractivity contribution is 7.86. The van der Waals surface area contributed by atoms with Crippen molar-refractivity contribution in [1.29, 1.82) is 0 Å². The number of benzene rings is 1. The summed E-state index contributed by atoms with van der Waals surface area (Å²) >= 11 is 0. The monoisotopic (exact) mass is 324 g/mol. The second-order valence-electron chi connectivity index (χ2n) is 4.88. The van der Waals surface area contributed by atoms with Gasteiger partial charge in [-0.15, -0.1) is 5.10 Å². The molecule has 0 fully saturated rings. The summed E-state index contributed by atoms with van der Waals surface area (Å²) in [5.41, 5.74) is 0.562. The minimum atomic E-state index is -3.78. The molecule has 0 unspecified atom stereocenters. The molecule has 0 saturated carbocycles. The second-order valence-corrected chi connectivity index (χ2v) is 6.46. The van der Waals surface area contributed by atoms with Crippen LogP contribution in [-0.4, -0.2) is 41.4 Å². The van der Waals surface area contributed by atoms with Crippen molar-refractivity contribution >= 4 is 16.0 Å². The van der Waals surface area contributed by atoms with Gasteiger partial charge >= 0.3 is 16.1 Å². The maximum Gasteiger partial charge on any atom is 0.352 e. The number of nitrogens with one attached hydrogen (secondary N) is 1. The van der Waals surface area contributed by atoms with Crippen LogP contribution >= 0.6 is 0 Å². The minimum absolute atomic E-state index is 0.0569. The number of rotatable bonds is 5. The van der Waals surface area contributed by atoms with Crippen LogP contribution in [0, 0.1) is 0 Å². The van der Waals surface area contributed by atoms with E-state index < -0.39 is 22.0 Å². The van der Waals surface area contributed by atoms with E-state index in [1.54, 1.807) is 38.1 Å². The molecule has 0 aliphatic heterocycles. The van der Waals surface area contributed by atoms with Gasteiger partial charge in [0, 0.05) is 6.04 Å². The molecule has 0 spiro atoms. The predicted octanol–water partition coefficient (Wildman–Crippen LogP) is 0.744. The van der Waals surface area contributed by atoms with Crippen molar-refractivity contribution in [2.24, 2.45) is 0 Å². The third-order valence-electron chi connectivity index (χ3n) is 2.44. The third-order valence-corrected chi connectivity index (χ3v) is 2.89. The van der Waals surface area contributed by atoms with Crippen LogP contribution in [0.3, 0.4) is 0 Å². The van der Waals surface area contributed by atoms with Crippen LogP contribution in [0.15, 0.2) is 30.3 Å². The van der Waals surface area contributed by atoms with E-state index in [4.69, 9.17) is 0 Å². The van der Waals surface area contributed by atoms with E-state index in [-0.39, 0.29) is 11.9 Å². The molecule has 2 rings (SSSR count). The Balaban J connectivity index is 2.47. The molecule has 0 aliphatic carbocycles. The van der Waals surface area contributed by atoms with Gasteiger partial charge in [0.05, 0.1) is 11.9 Å². The number of nitrogens with zero attached hydrogens (tertiary/aromatic N) is 3. The first-order valence-corrected chi connectivity index (χ1v) is 8.31. The van der Waals surface area contributed by atoms with E-state index in [2.05, 4.69) is 19.6 Å². The minimum Gasteiger partial charge on any atom is -0.347 e. The SMILES string of the molecule is CC(C)NC(=O)c1nc(OS(C)(=O)=O)nn1-c1ccccc1. The summed E-state index contributed by atoms with van der Waals surface area (Å²) in [5.74, 6) is -0.534. The molecule has 2 aromatic rings. The first-order chi connectivity index (χ1) is 10.3. The topological polar surface area (TPSA) is 103 Å². The van der Waals surface area contributed by atoms with Crippen molar-refractivity contribution in [2.45, 2.75) is 19.9 Å². The summed E-state index contributed by atoms with van der Waals surface area (Å²) in [6.07, 6.45) is 0.879. The molecule has 0 radical (unpaired) electrons. The first kappa shape index (κ1) is 16.0. The predicted molar refractivity (Wildman–Crippen MR) is 79.4 cm³/mol. The van der Waals surface area contributed by atoms with Crippen LogP contribution in [0.25, 0.3) is 5.69 Å². The van der Waals surface area contributed by atoms with E-state index in [0.29, 0.717) is 5.69 Å². The fraction of sp³-hybridized carbons (Fsp3) is 0.308. The zero-order valence-corrected chi connectivity index (χ0v) is 13.2. The zero-order valence-electron chi connectivity index (χ0n) is 12.3. The molecule has 1 aromatic heterocycles. The highest BCUT2D eigenvalue weighted by atomic mass is 32.2. The first-order valence-electron chi connectivity index (χ1n) is 6.49. The lowest BCUT2D eigenvalue weighted by Crippen LogP contribution is -2.32. The maximum atomic E-state index is 12.2. The molecule has 0 atom stereocenters. The van der Waals surface area contributed by atoms with E-state index >= 15 is 0 Å². The van der Waals surface area contributed by atoms with Crippen LogP contribution in [0.1, 0.15) is 24.5 Å². The Hall–Kier alpha value is -2.42. The van der Waals surface area contributed by atoms with Crippen LogP contribution in [0.2, 0.25) is 0 Å². The summed E-state index contributed by atoms with van der Waals surface area (Å²) in [6, 6.07) is 8.25. The van der Waals surface area contributed by atoms with Crippen molar-refractivity contribution in [3.05, 3.63) is 36.2 Å². The van der Waals surface area contributed by atoms with E-state index in [9.17, 15) is 13.2 Å². The highest BCUT2D eigenvalue weighted by Gasteiger charge is 2.21. The highest BCUT2D eigenvalue weighted by Crippen LogP contribution is 2.14. The Labute approximate surface area is 128 Å². The van der Waals surface area contributed by atoms with Crippen molar-refractivity contribution in [2.75, 3.05) is 6.26 Å². The molecular weight excluding hydrogens is 308 g/mol. The Bertz CT molecular complexity index is 769. The average Bonchev–Trinajstić information content (AvgIpc) is 2.80. The maximum absolute atomic E-state index is 12.2. The summed E-state index contributed by atoms with van der Waals surface area (Å²) in [4.78, 5) is 16.1. The molecule has 1 aromatic carbocycles. The number of carbonyl (C=O) groups is 1. The van der Waals surface area contributed by atoms with E-state index in [1.807, 2.05) is 6.07 Å². The van der Waals surface area contributed by atoms with Gasteiger partial charge in [-0.05, 0) is 26.0 Å². The lowest BCUT2D eigenvalue weighted by molar-refractivity contribution is 0.0930. The normalized spacial score (nSPS) is 11.5. The Morgan fingerprint density at radius 3 is 2.45 bits per heavy atom. The van der Waals surface area contributed by atoms with Gasteiger partial charge < -0.3 is 9.50 Å².